The fraction of sp³-hybridized carbons (Fsp3) is 0.600. The molecule has 1 N–H and O–H groups in total. The lowest BCUT2D eigenvalue weighted by molar-refractivity contribution is 0.229. The fourth-order valence-electron chi connectivity index (χ4n) is 2.82. The van der Waals surface area contributed by atoms with Crippen LogP contribution in [-0.4, -0.2) is 13.2 Å². The van der Waals surface area contributed by atoms with Crippen molar-refractivity contribution in [2.45, 2.75) is 45.6 Å². The van der Waals surface area contributed by atoms with Crippen molar-refractivity contribution in [2.75, 3.05) is 12.4 Å². The van der Waals surface area contributed by atoms with Crippen molar-refractivity contribution in [1.29, 1.82) is 0 Å². The average Bonchev–Trinajstić information content (AvgIpc) is 2.26. The number of hydrogen-bond acceptors (Lipinski definition) is 2. The molecule has 18 heavy (non-hydrogen) atoms. The molecule has 0 aliphatic heterocycles. The van der Waals surface area contributed by atoms with E-state index in [0.717, 1.165) is 15.9 Å². The zero-order valence-corrected chi connectivity index (χ0v) is 13.0. The lowest BCUT2D eigenvalue weighted by Crippen LogP contribution is -2.31. The third-order valence-electron chi connectivity index (χ3n) is 3.68. The van der Waals surface area contributed by atoms with Gasteiger partial charge in [0, 0.05) is 22.3 Å². The van der Waals surface area contributed by atoms with Crippen LogP contribution >= 0.6 is 15.9 Å². The Bertz CT molecular complexity index is 417. The van der Waals surface area contributed by atoms with Gasteiger partial charge in [0.05, 0.1) is 7.11 Å². The zero-order chi connectivity index (χ0) is 13.2. The third-order valence-corrected chi connectivity index (χ3v) is 4.14. The number of hydrogen-bond donors (Lipinski definition) is 1. The first-order valence-electron chi connectivity index (χ1n) is 6.60. The Balaban J connectivity index is 2.07. The molecule has 1 aliphatic carbocycles. The number of rotatable bonds is 3. The van der Waals surface area contributed by atoms with Gasteiger partial charge in [-0.1, -0.05) is 36.2 Å². The monoisotopic (exact) mass is 311 g/mol. The van der Waals surface area contributed by atoms with Crippen molar-refractivity contribution < 1.29 is 4.74 Å². The molecular weight excluding hydrogens is 290 g/mol. The second kappa shape index (κ2) is 5.52. The Labute approximate surface area is 118 Å². The van der Waals surface area contributed by atoms with Crippen LogP contribution in [0, 0.1) is 5.41 Å². The smallest absolute Gasteiger partial charge is 0.122 e. The van der Waals surface area contributed by atoms with Crippen molar-refractivity contribution in [3.05, 3.63) is 22.7 Å². The van der Waals surface area contributed by atoms with E-state index in [9.17, 15) is 0 Å². The summed E-state index contributed by atoms with van der Waals surface area (Å²) in [5, 5.41) is 3.64. The predicted octanol–water partition coefficient (Wildman–Crippen LogP) is 4.84. The molecule has 1 aromatic rings. The Morgan fingerprint density at radius 3 is 2.78 bits per heavy atom. The number of benzene rings is 1. The quantitative estimate of drug-likeness (QED) is 0.862. The first kappa shape index (κ1) is 13.7. The highest BCUT2D eigenvalue weighted by Gasteiger charge is 2.27. The van der Waals surface area contributed by atoms with Gasteiger partial charge in [0.25, 0.3) is 0 Å². The van der Waals surface area contributed by atoms with Crippen LogP contribution < -0.4 is 10.1 Å². The first-order chi connectivity index (χ1) is 8.48. The van der Waals surface area contributed by atoms with E-state index in [0.29, 0.717) is 11.5 Å². The Hall–Kier alpha value is -0.700. The van der Waals surface area contributed by atoms with Gasteiger partial charge in [-0.3, -0.25) is 0 Å². The molecule has 2 rings (SSSR count). The van der Waals surface area contributed by atoms with Crippen LogP contribution in [0.1, 0.15) is 39.5 Å². The highest BCUT2D eigenvalue weighted by Crippen LogP contribution is 2.37. The SMILES string of the molecule is COc1cc(Br)cc(NC2CCCC(C)(C)C2)c1. The number of ether oxygens (including phenoxy) is 1. The van der Waals surface area contributed by atoms with Gasteiger partial charge < -0.3 is 10.1 Å². The first-order valence-corrected chi connectivity index (χ1v) is 7.39. The predicted molar refractivity (Wildman–Crippen MR) is 80.4 cm³/mol. The summed E-state index contributed by atoms with van der Waals surface area (Å²) in [7, 11) is 1.70. The fourth-order valence-corrected chi connectivity index (χ4v) is 3.29. The normalized spacial score (nSPS) is 22.6. The minimum absolute atomic E-state index is 0.464. The van der Waals surface area contributed by atoms with Gasteiger partial charge in [0.15, 0.2) is 0 Å². The molecule has 0 radical (unpaired) electrons. The van der Waals surface area contributed by atoms with Crippen molar-refractivity contribution in [3.8, 4) is 5.75 Å². The second-order valence-electron chi connectivity index (χ2n) is 5.98. The van der Waals surface area contributed by atoms with E-state index < -0.39 is 0 Å². The van der Waals surface area contributed by atoms with Gasteiger partial charge in [-0.25, -0.2) is 0 Å². The van der Waals surface area contributed by atoms with Crippen molar-refractivity contribution in [2.24, 2.45) is 5.41 Å². The van der Waals surface area contributed by atoms with Gasteiger partial charge in [0.1, 0.15) is 5.75 Å². The highest BCUT2D eigenvalue weighted by molar-refractivity contribution is 9.10. The van der Waals surface area contributed by atoms with Crippen molar-refractivity contribution in [1.82, 2.24) is 0 Å². The molecule has 1 atom stereocenters. The van der Waals surface area contributed by atoms with Crippen LogP contribution in [0.2, 0.25) is 0 Å². The summed E-state index contributed by atoms with van der Waals surface area (Å²) in [4.78, 5) is 0. The molecule has 0 heterocycles. The summed E-state index contributed by atoms with van der Waals surface area (Å²) in [6, 6.07) is 6.74. The average molecular weight is 312 g/mol. The topological polar surface area (TPSA) is 21.3 Å². The minimum Gasteiger partial charge on any atom is -0.497 e. The Kier molecular flexibility index (Phi) is 4.21. The molecule has 0 bridgehead atoms. The standard InChI is InChI=1S/C15H22BrNO/c1-15(2)6-4-5-12(10-15)17-13-7-11(16)8-14(9-13)18-3/h7-9,12,17H,4-6,10H2,1-3H3. The highest BCUT2D eigenvalue weighted by atomic mass is 79.9. The molecule has 0 amide bonds. The van der Waals surface area contributed by atoms with Gasteiger partial charge in [-0.2, -0.15) is 0 Å². The van der Waals surface area contributed by atoms with E-state index in [-0.39, 0.29) is 0 Å². The van der Waals surface area contributed by atoms with Crippen LogP contribution in [0.25, 0.3) is 0 Å². The van der Waals surface area contributed by atoms with E-state index in [1.807, 2.05) is 6.07 Å². The van der Waals surface area contributed by atoms with Crippen molar-refractivity contribution >= 4 is 21.6 Å². The lowest BCUT2D eigenvalue weighted by atomic mass is 9.75. The second-order valence-corrected chi connectivity index (χ2v) is 6.90. The van der Waals surface area contributed by atoms with E-state index in [1.54, 1.807) is 7.11 Å². The van der Waals surface area contributed by atoms with Crippen LogP contribution in [0.3, 0.4) is 0 Å². The molecule has 1 fully saturated rings. The molecule has 1 aromatic carbocycles. The van der Waals surface area contributed by atoms with E-state index >= 15 is 0 Å². The summed E-state index contributed by atoms with van der Waals surface area (Å²) < 4.78 is 6.35. The zero-order valence-electron chi connectivity index (χ0n) is 11.4. The summed E-state index contributed by atoms with van der Waals surface area (Å²) >= 11 is 3.52. The summed E-state index contributed by atoms with van der Waals surface area (Å²) in [5.74, 6) is 0.891. The van der Waals surface area contributed by atoms with Crippen molar-refractivity contribution in [3.63, 3.8) is 0 Å². The summed E-state index contributed by atoms with van der Waals surface area (Å²) in [6.45, 7) is 4.73. The molecule has 1 saturated carbocycles. The maximum absolute atomic E-state index is 5.30. The molecular formula is C15H22BrNO. The van der Waals surface area contributed by atoms with E-state index in [2.05, 4.69) is 47.2 Å². The largest absolute Gasteiger partial charge is 0.497 e. The maximum Gasteiger partial charge on any atom is 0.122 e. The summed E-state index contributed by atoms with van der Waals surface area (Å²) in [5.41, 5.74) is 1.61. The minimum atomic E-state index is 0.464. The van der Waals surface area contributed by atoms with E-state index in [1.165, 1.54) is 25.7 Å². The molecule has 3 heteroatoms. The van der Waals surface area contributed by atoms with Gasteiger partial charge in [-0.15, -0.1) is 0 Å². The number of halogens is 1. The van der Waals surface area contributed by atoms with Crippen LogP contribution in [-0.2, 0) is 0 Å². The third kappa shape index (κ3) is 3.64. The molecule has 2 nitrogen and oxygen atoms in total. The number of methoxy groups -OCH3 is 1. The Morgan fingerprint density at radius 2 is 2.11 bits per heavy atom. The molecule has 100 valence electrons. The molecule has 0 spiro atoms. The van der Waals surface area contributed by atoms with E-state index in [4.69, 9.17) is 4.74 Å². The van der Waals surface area contributed by atoms with Gasteiger partial charge in [0.2, 0.25) is 0 Å². The molecule has 1 aliphatic rings. The number of anilines is 1. The lowest BCUT2D eigenvalue weighted by Gasteiger charge is -2.36. The summed E-state index contributed by atoms with van der Waals surface area (Å²) in [6.07, 6.45) is 5.16. The van der Waals surface area contributed by atoms with Gasteiger partial charge in [-0.05, 0) is 36.8 Å². The van der Waals surface area contributed by atoms with Crippen LogP contribution in [0.15, 0.2) is 22.7 Å². The van der Waals surface area contributed by atoms with Crippen LogP contribution in [0.4, 0.5) is 5.69 Å². The molecule has 1 unspecified atom stereocenters. The molecule has 0 aromatic heterocycles. The van der Waals surface area contributed by atoms with Gasteiger partial charge >= 0.3 is 0 Å². The Morgan fingerprint density at radius 1 is 1.33 bits per heavy atom. The maximum atomic E-state index is 5.30. The van der Waals surface area contributed by atoms with Crippen LogP contribution in [0.5, 0.6) is 5.75 Å². The molecule has 0 saturated heterocycles. The number of nitrogens with one attached hydrogen (secondary N) is 1.